The van der Waals surface area contributed by atoms with E-state index < -0.39 is 23.5 Å². The first-order valence-corrected chi connectivity index (χ1v) is 7.46. The number of carboxylic acid groups (broad SMARTS) is 1. The fourth-order valence-electron chi connectivity index (χ4n) is 2.79. The number of halogens is 1. The van der Waals surface area contributed by atoms with Crippen molar-refractivity contribution >= 4 is 23.5 Å². The summed E-state index contributed by atoms with van der Waals surface area (Å²) >= 11 is 5.92. The summed E-state index contributed by atoms with van der Waals surface area (Å²) in [6.45, 7) is 0.627. The summed E-state index contributed by atoms with van der Waals surface area (Å²) < 4.78 is 10.8. The van der Waals surface area contributed by atoms with Crippen molar-refractivity contribution in [3.63, 3.8) is 0 Å². The molecule has 0 aliphatic carbocycles. The van der Waals surface area contributed by atoms with E-state index in [2.05, 4.69) is 5.32 Å². The molecule has 118 valence electrons. The van der Waals surface area contributed by atoms with Crippen LogP contribution in [0.1, 0.15) is 18.4 Å². The van der Waals surface area contributed by atoms with Gasteiger partial charge in [0.15, 0.2) is 6.10 Å². The third-order valence-corrected chi connectivity index (χ3v) is 4.34. The highest BCUT2D eigenvalue weighted by Crippen LogP contribution is 2.31. The van der Waals surface area contributed by atoms with Gasteiger partial charge in [0.1, 0.15) is 11.3 Å². The van der Waals surface area contributed by atoms with E-state index in [1.54, 1.807) is 18.2 Å². The number of hydrogen-bond donors (Lipinski definition) is 2. The Labute approximate surface area is 132 Å². The summed E-state index contributed by atoms with van der Waals surface area (Å²) in [6.07, 6.45) is 0.153. The van der Waals surface area contributed by atoms with E-state index in [9.17, 15) is 14.7 Å². The fourth-order valence-corrected chi connectivity index (χ4v) is 2.99. The fraction of sp³-hybridized carbons (Fsp3) is 0.467. The van der Waals surface area contributed by atoms with Gasteiger partial charge < -0.3 is 19.9 Å². The number of fused-ring (bicyclic) bond motifs is 1. The Kier molecular flexibility index (Phi) is 3.97. The maximum atomic E-state index is 12.4. The molecule has 1 aromatic rings. The molecule has 0 aromatic heterocycles. The van der Waals surface area contributed by atoms with Crippen LogP contribution in [0, 0.1) is 0 Å². The van der Waals surface area contributed by atoms with Crippen LogP contribution in [0.3, 0.4) is 0 Å². The highest BCUT2D eigenvalue weighted by atomic mass is 35.5. The Bertz CT molecular complexity index is 612. The van der Waals surface area contributed by atoms with Crippen LogP contribution in [-0.2, 0) is 20.7 Å². The van der Waals surface area contributed by atoms with E-state index in [1.165, 1.54) is 0 Å². The lowest BCUT2D eigenvalue weighted by Crippen LogP contribution is -2.59. The Hall–Kier alpha value is -1.79. The summed E-state index contributed by atoms with van der Waals surface area (Å²) in [4.78, 5) is 24.0. The van der Waals surface area contributed by atoms with Gasteiger partial charge in [0.05, 0.1) is 0 Å². The number of nitrogens with one attached hydrogen (secondary N) is 1. The number of amides is 1. The lowest BCUT2D eigenvalue weighted by atomic mass is 9.89. The molecule has 1 unspecified atom stereocenters. The molecule has 1 saturated heterocycles. The van der Waals surface area contributed by atoms with Crippen molar-refractivity contribution in [3.8, 4) is 5.75 Å². The molecule has 2 aliphatic heterocycles. The lowest BCUT2D eigenvalue weighted by molar-refractivity contribution is -0.153. The van der Waals surface area contributed by atoms with Crippen molar-refractivity contribution in [2.24, 2.45) is 0 Å². The maximum Gasteiger partial charge on any atom is 0.329 e. The molecule has 0 spiro atoms. The van der Waals surface area contributed by atoms with Crippen molar-refractivity contribution in [1.29, 1.82) is 0 Å². The summed E-state index contributed by atoms with van der Waals surface area (Å²) in [6, 6.07) is 5.16. The zero-order chi connectivity index (χ0) is 15.7. The molecule has 1 amide bonds. The predicted octanol–water partition coefficient (Wildman–Crippen LogP) is 1.39. The molecule has 0 saturated carbocycles. The van der Waals surface area contributed by atoms with Crippen LogP contribution in [-0.4, -0.2) is 41.8 Å². The first-order chi connectivity index (χ1) is 10.5. The normalized spacial score (nSPS) is 22.5. The topological polar surface area (TPSA) is 84.9 Å². The molecule has 3 rings (SSSR count). The molecular formula is C15H16ClNO5. The number of aliphatic carboxylic acids is 1. The molecule has 0 radical (unpaired) electrons. The first kappa shape index (κ1) is 15.1. The van der Waals surface area contributed by atoms with E-state index in [0.717, 1.165) is 5.56 Å². The smallest absolute Gasteiger partial charge is 0.329 e. The maximum absolute atomic E-state index is 12.4. The first-order valence-electron chi connectivity index (χ1n) is 7.08. The summed E-state index contributed by atoms with van der Waals surface area (Å²) in [7, 11) is 0. The van der Waals surface area contributed by atoms with Crippen molar-refractivity contribution < 1.29 is 24.2 Å². The van der Waals surface area contributed by atoms with Gasteiger partial charge in [-0.3, -0.25) is 4.79 Å². The van der Waals surface area contributed by atoms with Gasteiger partial charge in [-0.15, -0.1) is 0 Å². The molecule has 2 N–H and O–H groups in total. The minimum absolute atomic E-state index is 0.250. The second-order valence-electron chi connectivity index (χ2n) is 5.55. The van der Waals surface area contributed by atoms with Gasteiger partial charge in [-0.1, -0.05) is 11.6 Å². The van der Waals surface area contributed by atoms with Crippen molar-refractivity contribution in [3.05, 3.63) is 28.8 Å². The van der Waals surface area contributed by atoms with Crippen LogP contribution in [0.2, 0.25) is 5.02 Å². The van der Waals surface area contributed by atoms with Crippen molar-refractivity contribution in [2.45, 2.75) is 30.9 Å². The van der Waals surface area contributed by atoms with Crippen molar-refractivity contribution in [2.75, 3.05) is 13.2 Å². The number of rotatable bonds is 3. The van der Waals surface area contributed by atoms with Crippen LogP contribution in [0.5, 0.6) is 5.75 Å². The van der Waals surface area contributed by atoms with E-state index >= 15 is 0 Å². The highest BCUT2D eigenvalue weighted by molar-refractivity contribution is 6.30. The number of carbonyl (C=O) groups is 2. The zero-order valence-electron chi connectivity index (χ0n) is 11.8. The standard InChI is InChI=1S/C15H16ClNO5/c16-10-1-2-11-9(7-10)8-12(22-11)13(18)17-15(14(19)20)3-5-21-6-4-15/h1-2,7,12H,3-6,8H2,(H,17,18)(H,19,20). The Morgan fingerprint density at radius 2 is 2.05 bits per heavy atom. The molecule has 2 heterocycles. The van der Waals surface area contributed by atoms with E-state index in [0.29, 0.717) is 30.4 Å². The van der Waals surface area contributed by atoms with E-state index in [4.69, 9.17) is 21.1 Å². The molecule has 22 heavy (non-hydrogen) atoms. The summed E-state index contributed by atoms with van der Waals surface area (Å²) in [5.74, 6) is -0.847. The molecule has 1 fully saturated rings. The third-order valence-electron chi connectivity index (χ3n) is 4.11. The average molecular weight is 326 g/mol. The molecule has 6 nitrogen and oxygen atoms in total. The minimum atomic E-state index is -1.27. The number of ether oxygens (including phenoxy) is 2. The molecule has 1 atom stereocenters. The average Bonchev–Trinajstić information content (AvgIpc) is 2.91. The van der Waals surface area contributed by atoms with Gasteiger partial charge >= 0.3 is 5.97 Å². The predicted molar refractivity (Wildman–Crippen MR) is 78.1 cm³/mol. The number of hydrogen-bond acceptors (Lipinski definition) is 4. The molecule has 1 aromatic carbocycles. The van der Waals surface area contributed by atoms with Crippen LogP contribution in [0.25, 0.3) is 0 Å². The van der Waals surface area contributed by atoms with Crippen LogP contribution in [0.15, 0.2) is 18.2 Å². The van der Waals surface area contributed by atoms with Crippen LogP contribution < -0.4 is 10.1 Å². The van der Waals surface area contributed by atoms with Crippen LogP contribution in [0.4, 0.5) is 0 Å². The quantitative estimate of drug-likeness (QED) is 0.877. The third kappa shape index (κ3) is 2.76. The molecular weight excluding hydrogens is 310 g/mol. The Morgan fingerprint density at radius 3 is 2.73 bits per heavy atom. The van der Waals surface area contributed by atoms with Gasteiger partial charge in [0, 0.05) is 37.5 Å². The summed E-state index contributed by atoms with van der Waals surface area (Å²) in [5, 5.41) is 12.7. The number of carboxylic acids is 1. The monoisotopic (exact) mass is 325 g/mol. The van der Waals surface area contributed by atoms with Crippen LogP contribution >= 0.6 is 11.6 Å². The van der Waals surface area contributed by atoms with Gasteiger partial charge in [0.2, 0.25) is 0 Å². The largest absolute Gasteiger partial charge is 0.480 e. The van der Waals surface area contributed by atoms with Gasteiger partial charge in [-0.2, -0.15) is 0 Å². The highest BCUT2D eigenvalue weighted by Gasteiger charge is 2.43. The summed E-state index contributed by atoms with van der Waals surface area (Å²) in [5.41, 5.74) is -0.422. The number of benzene rings is 1. The van der Waals surface area contributed by atoms with E-state index in [1.807, 2.05) is 0 Å². The van der Waals surface area contributed by atoms with E-state index in [-0.39, 0.29) is 12.8 Å². The molecule has 0 bridgehead atoms. The number of carbonyl (C=O) groups excluding carboxylic acids is 1. The Morgan fingerprint density at radius 1 is 1.32 bits per heavy atom. The second kappa shape index (κ2) is 5.78. The molecule has 7 heteroatoms. The second-order valence-corrected chi connectivity index (χ2v) is 5.99. The lowest BCUT2D eigenvalue weighted by Gasteiger charge is -2.34. The molecule has 2 aliphatic rings. The SMILES string of the molecule is O=C(NC1(C(=O)O)CCOCC1)C1Cc2cc(Cl)ccc2O1. The van der Waals surface area contributed by atoms with Gasteiger partial charge in [-0.05, 0) is 23.8 Å². The van der Waals surface area contributed by atoms with Gasteiger partial charge in [0.25, 0.3) is 5.91 Å². The minimum Gasteiger partial charge on any atom is -0.480 e. The van der Waals surface area contributed by atoms with Crippen molar-refractivity contribution in [1.82, 2.24) is 5.32 Å². The van der Waals surface area contributed by atoms with Gasteiger partial charge in [-0.25, -0.2) is 4.79 Å². The Balaban J connectivity index is 1.71. The zero-order valence-corrected chi connectivity index (χ0v) is 12.6.